The van der Waals surface area contributed by atoms with Crippen LogP contribution in [0, 0.1) is 5.92 Å². The first-order valence-corrected chi connectivity index (χ1v) is 5.03. The smallest absolute Gasteiger partial charge is 0.225 e. The van der Waals surface area contributed by atoms with E-state index in [0.29, 0.717) is 5.82 Å². The summed E-state index contributed by atoms with van der Waals surface area (Å²) in [6, 6.07) is 3.77. The first-order chi connectivity index (χ1) is 7.08. The summed E-state index contributed by atoms with van der Waals surface area (Å²) in [6.45, 7) is 0. The minimum atomic E-state index is 0.0456. The lowest BCUT2D eigenvalue weighted by molar-refractivity contribution is -0.132. The fraction of sp³-hybridized carbons (Fsp3) is 0.455. The van der Waals surface area contributed by atoms with Gasteiger partial charge in [0.1, 0.15) is 5.82 Å². The molecule has 1 unspecified atom stereocenters. The Kier molecular flexibility index (Phi) is 2.34. The first kappa shape index (κ1) is 9.96. The number of carbonyl (C=O) groups is 1. The summed E-state index contributed by atoms with van der Waals surface area (Å²) in [5.74, 6) is 0.752. The van der Waals surface area contributed by atoms with E-state index in [2.05, 4.69) is 4.98 Å². The number of carbonyl (C=O) groups excluding carboxylic acids is 1. The van der Waals surface area contributed by atoms with Crippen molar-refractivity contribution in [2.24, 2.45) is 5.92 Å². The van der Waals surface area contributed by atoms with Gasteiger partial charge in [-0.25, -0.2) is 4.98 Å². The summed E-state index contributed by atoms with van der Waals surface area (Å²) in [4.78, 5) is 17.7. The number of amides is 1. The lowest BCUT2D eigenvalue weighted by atomic mass is 10.1. The van der Waals surface area contributed by atoms with E-state index in [1.807, 2.05) is 6.07 Å². The highest BCUT2D eigenvalue weighted by Crippen LogP contribution is 2.26. The Bertz CT molecular complexity index is 401. The highest BCUT2D eigenvalue weighted by molar-refractivity contribution is 5.79. The Hall–Kier alpha value is -1.58. The second-order valence-corrected chi connectivity index (χ2v) is 4.18. The molecule has 0 saturated heterocycles. The highest BCUT2D eigenvalue weighted by Gasteiger charge is 2.29. The quantitative estimate of drug-likeness (QED) is 0.725. The zero-order valence-corrected chi connectivity index (χ0v) is 9.03. The molecule has 0 fully saturated rings. The van der Waals surface area contributed by atoms with Crippen LogP contribution in [-0.2, 0) is 17.6 Å². The van der Waals surface area contributed by atoms with Crippen LogP contribution in [0.3, 0.4) is 0 Å². The molecule has 1 aliphatic rings. The molecule has 1 amide bonds. The Morgan fingerprint density at radius 2 is 2.20 bits per heavy atom. The van der Waals surface area contributed by atoms with Gasteiger partial charge in [0, 0.05) is 32.1 Å². The third-order valence-corrected chi connectivity index (χ3v) is 2.79. The maximum Gasteiger partial charge on any atom is 0.225 e. The molecule has 1 aromatic rings. The van der Waals surface area contributed by atoms with Gasteiger partial charge in [-0.05, 0) is 18.1 Å². The van der Waals surface area contributed by atoms with Crippen LogP contribution in [0.2, 0.25) is 0 Å². The van der Waals surface area contributed by atoms with Gasteiger partial charge >= 0.3 is 0 Å². The van der Waals surface area contributed by atoms with Crippen LogP contribution in [0.15, 0.2) is 12.1 Å². The molecule has 4 nitrogen and oxygen atoms in total. The van der Waals surface area contributed by atoms with Gasteiger partial charge in [0.2, 0.25) is 5.91 Å². The van der Waals surface area contributed by atoms with Crippen LogP contribution in [0.4, 0.5) is 5.82 Å². The Morgan fingerprint density at radius 3 is 2.87 bits per heavy atom. The van der Waals surface area contributed by atoms with Crippen molar-refractivity contribution in [3.63, 3.8) is 0 Å². The molecule has 4 heteroatoms. The van der Waals surface area contributed by atoms with E-state index in [1.165, 1.54) is 0 Å². The van der Waals surface area contributed by atoms with E-state index in [0.717, 1.165) is 24.1 Å². The second-order valence-electron chi connectivity index (χ2n) is 4.18. The normalized spacial score (nSPS) is 18.7. The van der Waals surface area contributed by atoms with Crippen LogP contribution in [-0.4, -0.2) is 29.9 Å². The third-order valence-electron chi connectivity index (χ3n) is 2.79. The number of rotatable bonds is 1. The highest BCUT2D eigenvalue weighted by atomic mass is 16.2. The Morgan fingerprint density at radius 1 is 1.47 bits per heavy atom. The van der Waals surface area contributed by atoms with E-state index >= 15 is 0 Å². The average Bonchev–Trinajstić information content (AvgIpc) is 2.58. The van der Waals surface area contributed by atoms with Gasteiger partial charge in [-0.1, -0.05) is 6.07 Å². The van der Waals surface area contributed by atoms with Gasteiger partial charge in [0.15, 0.2) is 0 Å². The van der Waals surface area contributed by atoms with Gasteiger partial charge in [-0.15, -0.1) is 0 Å². The molecular weight excluding hydrogens is 190 g/mol. The van der Waals surface area contributed by atoms with Gasteiger partial charge in [0.25, 0.3) is 0 Å². The molecule has 1 atom stereocenters. The summed E-state index contributed by atoms with van der Waals surface area (Å²) < 4.78 is 0. The van der Waals surface area contributed by atoms with Crippen LogP contribution >= 0.6 is 0 Å². The molecule has 15 heavy (non-hydrogen) atoms. The van der Waals surface area contributed by atoms with E-state index in [1.54, 1.807) is 25.1 Å². The van der Waals surface area contributed by atoms with Crippen molar-refractivity contribution in [2.75, 3.05) is 19.8 Å². The van der Waals surface area contributed by atoms with E-state index in [9.17, 15) is 4.79 Å². The van der Waals surface area contributed by atoms with E-state index in [4.69, 9.17) is 5.73 Å². The number of hydrogen-bond donors (Lipinski definition) is 1. The predicted molar refractivity (Wildman–Crippen MR) is 58.2 cm³/mol. The fourth-order valence-electron chi connectivity index (χ4n) is 2.02. The maximum atomic E-state index is 11.8. The zero-order valence-electron chi connectivity index (χ0n) is 9.03. The lowest BCUT2D eigenvalue weighted by Gasteiger charge is -2.14. The number of pyridine rings is 1. The molecule has 2 rings (SSSR count). The fourth-order valence-corrected chi connectivity index (χ4v) is 2.02. The molecule has 0 bridgehead atoms. The minimum Gasteiger partial charge on any atom is -0.384 e. The van der Waals surface area contributed by atoms with Gasteiger partial charge < -0.3 is 10.6 Å². The summed E-state index contributed by atoms with van der Waals surface area (Å²) in [5.41, 5.74) is 7.74. The zero-order chi connectivity index (χ0) is 11.0. The third kappa shape index (κ3) is 1.79. The number of aromatic nitrogens is 1. The van der Waals surface area contributed by atoms with Crippen LogP contribution in [0.1, 0.15) is 11.3 Å². The number of nitrogens with two attached hydrogens (primary N) is 1. The van der Waals surface area contributed by atoms with Crippen molar-refractivity contribution < 1.29 is 4.79 Å². The topological polar surface area (TPSA) is 59.2 Å². The van der Waals surface area contributed by atoms with Crippen LogP contribution in [0.25, 0.3) is 0 Å². The van der Waals surface area contributed by atoms with Crippen molar-refractivity contribution in [2.45, 2.75) is 12.8 Å². The van der Waals surface area contributed by atoms with Crippen molar-refractivity contribution in [3.8, 4) is 0 Å². The Labute approximate surface area is 89.1 Å². The molecule has 0 spiro atoms. The second kappa shape index (κ2) is 3.53. The number of nitrogens with zero attached hydrogens (tertiary/aromatic N) is 2. The molecule has 80 valence electrons. The monoisotopic (exact) mass is 205 g/mol. The molecule has 0 aromatic carbocycles. The number of fused-ring (bicyclic) bond motifs is 1. The van der Waals surface area contributed by atoms with Gasteiger partial charge in [-0.2, -0.15) is 0 Å². The van der Waals surface area contributed by atoms with Crippen molar-refractivity contribution in [3.05, 3.63) is 23.4 Å². The molecule has 2 N–H and O–H groups in total. The summed E-state index contributed by atoms with van der Waals surface area (Å²) in [7, 11) is 3.57. The molecule has 1 aromatic heterocycles. The van der Waals surface area contributed by atoms with Crippen molar-refractivity contribution in [1.82, 2.24) is 9.88 Å². The maximum absolute atomic E-state index is 11.8. The van der Waals surface area contributed by atoms with Crippen molar-refractivity contribution >= 4 is 11.7 Å². The standard InChI is InChI=1S/C11H15N3O/c1-14(2)11(15)8-5-7-3-4-10(12)13-9(7)6-8/h3-4,8H,5-6H2,1-2H3,(H2,12,13). The van der Waals surface area contributed by atoms with Crippen LogP contribution < -0.4 is 5.73 Å². The van der Waals surface area contributed by atoms with E-state index in [-0.39, 0.29) is 11.8 Å². The summed E-state index contributed by atoms with van der Waals surface area (Å²) in [6.07, 6.45) is 1.51. The minimum absolute atomic E-state index is 0.0456. The molecule has 0 radical (unpaired) electrons. The molecule has 0 aliphatic heterocycles. The lowest BCUT2D eigenvalue weighted by Crippen LogP contribution is -2.29. The van der Waals surface area contributed by atoms with E-state index < -0.39 is 0 Å². The molecular formula is C11H15N3O. The number of hydrogen-bond acceptors (Lipinski definition) is 3. The first-order valence-electron chi connectivity index (χ1n) is 5.03. The average molecular weight is 205 g/mol. The summed E-state index contributed by atoms with van der Waals surface area (Å²) in [5, 5.41) is 0. The molecule has 0 saturated carbocycles. The van der Waals surface area contributed by atoms with Crippen LogP contribution in [0.5, 0.6) is 0 Å². The number of nitrogen functional groups attached to an aromatic ring is 1. The van der Waals surface area contributed by atoms with Gasteiger partial charge in [-0.3, -0.25) is 4.79 Å². The summed E-state index contributed by atoms with van der Waals surface area (Å²) >= 11 is 0. The molecule has 1 heterocycles. The SMILES string of the molecule is CN(C)C(=O)C1Cc2ccc(N)nc2C1. The Balaban J connectivity index is 2.19. The molecule has 1 aliphatic carbocycles. The largest absolute Gasteiger partial charge is 0.384 e. The van der Waals surface area contributed by atoms with Crippen molar-refractivity contribution in [1.29, 1.82) is 0 Å². The predicted octanol–water partition coefficient (Wildman–Crippen LogP) is 0.467. The van der Waals surface area contributed by atoms with Gasteiger partial charge in [0.05, 0.1) is 0 Å². The number of anilines is 1.